The van der Waals surface area contributed by atoms with Gasteiger partial charge in [0.15, 0.2) is 0 Å². The van der Waals surface area contributed by atoms with E-state index in [1.54, 1.807) is 6.92 Å². The zero-order chi connectivity index (χ0) is 19.0. The van der Waals surface area contributed by atoms with Crippen molar-refractivity contribution in [3.63, 3.8) is 0 Å². The first-order chi connectivity index (χ1) is 11.7. The lowest BCUT2D eigenvalue weighted by molar-refractivity contribution is -0.182. The van der Waals surface area contributed by atoms with E-state index in [9.17, 15) is 23.9 Å². The summed E-state index contributed by atoms with van der Waals surface area (Å²) in [6, 6.07) is 0. The van der Waals surface area contributed by atoms with Crippen LogP contribution < -0.4 is 0 Å². The van der Waals surface area contributed by atoms with E-state index in [0.29, 0.717) is 0 Å². The number of phosphoric acid groups is 1. The quantitative estimate of drug-likeness (QED) is 0.276. The fourth-order valence-electron chi connectivity index (χ4n) is 1.66. The van der Waals surface area contributed by atoms with Gasteiger partial charge in [0.25, 0.3) is 0 Å². The van der Waals surface area contributed by atoms with Gasteiger partial charge in [0.05, 0.1) is 34.8 Å². The van der Waals surface area contributed by atoms with Crippen molar-refractivity contribution in [3.8, 4) is 0 Å². The average molecular weight is 428 g/mol. The van der Waals surface area contributed by atoms with Crippen LogP contribution >= 0.6 is 24.3 Å². The van der Waals surface area contributed by atoms with Crippen LogP contribution in [0.25, 0.3) is 0 Å². The minimum Gasteiger partial charge on any atom is -0.390 e. The van der Waals surface area contributed by atoms with Gasteiger partial charge >= 0.3 is 24.3 Å². The second-order valence-electron chi connectivity index (χ2n) is 4.59. The summed E-state index contributed by atoms with van der Waals surface area (Å²) in [7, 11) is -8.60. The molecule has 146 valence electrons. The molecule has 1 aliphatic heterocycles. The Morgan fingerprint density at radius 3 is 2.44 bits per heavy atom. The number of hydrogen-bond donors (Lipinski definition) is 2. The van der Waals surface area contributed by atoms with Crippen LogP contribution in [0, 0.1) is 0 Å². The second-order valence-corrected chi connectivity index (χ2v) is 8.11. The third-order valence-electron chi connectivity index (χ3n) is 2.90. The molecule has 1 saturated heterocycles. The minimum absolute atomic E-state index is 0.0581. The highest BCUT2D eigenvalue weighted by Gasteiger charge is 2.45. The number of ether oxygens (including phenoxy) is 1. The lowest BCUT2D eigenvalue weighted by atomic mass is 10.00. The lowest BCUT2D eigenvalue weighted by Gasteiger charge is -2.34. The number of hydrogen-bond acceptors (Lipinski definition) is 13. The topological polar surface area (TPSA) is 166 Å². The fraction of sp³-hybridized carbons (Fsp3) is 1.00. The van der Waals surface area contributed by atoms with Crippen molar-refractivity contribution in [2.45, 2.75) is 37.8 Å². The summed E-state index contributed by atoms with van der Waals surface area (Å²) >= 11 is 0. The summed E-state index contributed by atoms with van der Waals surface area (Å²) in [5.41, 5.74) is 0. The fourth-order valence-corrected chi connectivity index (χ4v) is 3.83. The summed E-state index contributed by atoms with van der Waals surface area (Å²) in [5, 5.41) is 19.3. The first-order valence-corrected chi connectivity index (χ1v) is 10.4. The van der Waals surface area contributed by atoms with Crippen LogP contribution in [0.1, 0.15) is 13.3 Å². The third-order valence-corrected chi connectivity index (χ3v) is 5.88. The van der Waals surface area contributed by atoms with Crippen LogP contribution in [0.2, 0.25) is 0 Å². The molecule has 1 fully saturated rings. The molecule has 0 aromatic carbocycles. The number of aliphatic hydroxyl groups excluding tert-OH is 2. The van der Waals surface area contributed by atoms with Crippen LogP contribution in [-0.2, 0) is 50.7 Å². The predicted molar refractivity (Wildman–Crippen MR) is 78.1 cm³/mol. The van der Waals surface area contributed by atoms with Gasteiger partial charge in [-0.05, 0) is 6.92 Å². The van der Waals surface area contributed by atoms with Gasteiger partial charge < -0.3 is 14.9 Å². The largest absolute Gasteiger partial charge is 0.739 e. The first-order valence-electron chi connectivity index (χ1n) is 6.72. The summed E-state index contributed by atoms with van der Waals surface area (Å²) < 4.78 is 65.6. The minimum atomic E-state index is -4.51. The molecule has 0 saturated carbocycles. The summed E-state index contributed by atoms with van der Waals surface area (Å²) in [6.45, 7) is 1.23. The molecule has 6 unspecified atom stereocenters. The molecule has 25 heavy (non-hydrogen) atoms. The maximum Gasteiger partial charge on any atom is 0.739 e. The van der Waals surface area contributed by atoms with Gasteiger partial charge in [-0.1, -0.05) is 4.67 Å². The molecule has 1 rings (SSSR count). The highest BCUT2D eigenvalue weighted by Crippen LogP contribution is 2.57. The molecule has 2 N–H and O–H groups in total. The van der Waals surface area contributed by atoms with Crippen molar-refractivity contribution in [1.29, 1.82) is 0 Å². The molecule has 0 spiro atoms. The molecule has 1 heterocycles. The molecule has 0 aliphatic carbocycles. The Labute approximate surface area is 144 Å². The summed E-state index contributed by atoms with van der Waals surface area (Å²) in [5.74, 6) is 0. The van der Waals surface area contributed by atoms with Crippen molar-refractivity contribution < 1.29 is 60.9 Å². The summed E-state index contributed by atoms with van der Waals surface area (Å²) in [6.07, 6.45) is -3.23. The maximum absolute atomic E-state index is 11.8. The van der Waals surface area contributed by atoms with Gasteiger partial charge in [-0.15, -0.1) is 4.52 Å². The van der Waals surface area contributed by atoms with Crippen LogP contribution in [-0.4, -0.2) is 55.5 Å². The van der Waals surface area contributed by atoms with Gasteiger partial charge in [-0.3, -0.25) is 4.52 Å². The Balaban J connectivity index is 2.40. The van der Waals surface area contributed by atoms with E-state index in [4.69, 9.17) is 9.26 Å². The monoisotopic (exact) mass is 428 g/mol. The van der Waals surface area contributed by atoms with E-state index in [1.807, 2.05) is 0 Å². The first kappa shape index (κ1) is 23.1. The smallest absolute Gasteiger partial charge is 0.390 e. The number of rotatable bonds is 11. The van der Waals surface area contributed by atoms with E-state index in [0.717, 1.165) is 14.2 Å². The van der Waals surface area contributed by atoms with Crippen molar-refractivity contribution in [1.82, 2.24) is 0 Å². The van der Waals surface area contributed by atoms with E-state index >= 15 is 0 Å². The van der Waals surface area contributed by atoms with Gasteiger partial charge in [0.1, 0.15) is 12.7 Å². The maximum atomic E-state index is 11.8. The molecule has 7 atom stereocenters. The zero-order valence-corrected chi connectivity index (χ0v) is 16.1. The van der Waals surface area contributed by atoms with Crippen LogP contribution in [0.4, 0.5) is 0 Å². The van der Waals surface area contributed by atoms with E-state index in [2.05, 4.69) is 27.7 Å². The molecule has 0 aromatic rings. The molecule has 16 heteroatoms. The molecule has 1 aliphatic rings. The highest BCUT2D eigenvalue weighted by molar-refractivity contribution is 7.56. The van der Waals surface area contributed by atoms with Gasteiger partial charge in [-0.2, -0.15) is 4.89 Å². The molecule has 0 aromatic heterocycles. The normalized spacial score (nSPS) is 30.6. The highest BCUT2D eigenvalue weighted by atomic mass is 31.2. The van der Waals surface area contributed by atoms with E-state index in [1.165, 1.54) is 0 Å². The van der Waals surface area contributed by atoms with Crippen molar-refractivity contribution in [3.05, 3.63) is 0 Å². The molecule has 0 amide bonds. The molecule has 0 bridgehead atoms. The van der Waals surface area contributed by atoms with Crippen molar-refractivity contribution >= 4 is 24.3 Å². The van der Waals surface area contributed by atoms with Gasteiger partial charge in [-0.25, -0.2) is 4.57 Å². The standard InChI is InChI=1S/C9H19O13P3/c1-6-7(10)4-8(11)9(18-6)5-17-23(12)20-21-25(14,16-3)22-24(13)19-15-2/h6-11H,4-5H2,1-3H3/q+2/t6?,7-,8?,9?,25?/m0/s1. The average Bonchev–Trinajstić information content (AvgIpc) is 2.55. The SMILES string of the molecule is COO[P+](=O)OP(=O)(OC)OO[P+](=O)OCC1OC(C)[C@@H](O)CC1O. The van der Waals surface area contributed by atoms with Crippen LogP contribution in [0.5, 0.6) is 0 Å². The van der Waals surface area contributed by atoms with E-state index < -0.39 is 48.7 Å². The van der Waals surface area contributed by atoms with Crippen molar-refractivity contribution in [2.75, 3.05) is 20.8 Å². The van der Waals surface area contributed by atoms with Gasteiger partial charge in [0, 0.05) is 27.0 Å². The third kappa shape index (κ3) is 8.06. The number of aliphatic hydroxyl groups is 2. The Bertz CT molecular complexity index is 501. The van der Waals surface area contributed by atoms with Gasteiger partial charge in [0.2, 0.25) is 0 Å². The Morgan fingerprint density at radius 2 is 1.84 bits per heavy atom. The lowest BCUT2D eigenvalue weighted by Crippen LogP contribution is -2.47. The second kappa shape index (κ2) is 11.0. The Morgan fingerprint density at radius 1 is 1.16 bits per heavy atom. The molecular formula is C9H19O13P3+2. The zero-order valence-electron chi connectivity index (χ0n) is 13.5. The molecular weight excluding hydrogens is 409 g/mol. The Hall–Kier alpha value is 0.0300. The summed E-state index contributed by atoms with van der Waals surface area (Å²) in [4.78, 5) is 4.03. The van der Waals surface area contributed by atoms with Crippen LogP contribution in [0.15, 0.2) is 0 Å². The van der Waals surface area contributed by atoms with Crippen LogP contribution in [0.3, 0.4) is 0 Å². The van der Waals surface area contributed by atoms with Crippen molar-refractivity contribution in [2.24, 2.45) is 0 Å². The predicted octanol–water partition coefficient (Wildman–Crippen LogP) is 1.51. The molecule has 0 radical (unpaired) electrons. The van der Waals surface area contributed by atoms with E-state index in [-0.39, 0.29) is 13.0 Å². The molecule has 13 nitrogen and oxygen atoms in total. The Kier molecular flexibility index (Phi) is 10.2.